The number of carbonyl (C=O) groups is 2. The smallest absolute Gasteiger partial charge is 0.295 e. The molecule has 1 aliphatic heterocycles. The van der Waals surface area contributed by atoms with E-state index in [1.54, 1.807) is 11.0 Å². The molecule has 0 saturated carbocycles. The van der Waals surface area contributed by atoms with E-state index in [1.807, 2.05) is 43.3 Å². The van der Waals surface area contributed by atoms with Gasteiger partial charge in [0.05, 0.1) is 18.2 Å². The lowest BCUT2D eigenvalue weighted by Gasteiger charge is -2.28. The van der Waals surface area contributed by atoms with Crippen LogP contribution in [0.1, 0.15) is 76.8 Å². The van der Waals surface area contributed by atoms with Crippen molar-refractivity contribution in [1.29, 1.82) is 0 Å². The Bertz CT molecular complexity index is 1170. The molecule has 6 nitrogen and oxygen atoms in total. The van der Waals surface area contributed by atoms with Crippen molar-refractivity contribution in [2.45, 2.75) is 66.8 Å². The maximum Gasteiger partial charge on any atom is 0.295 e. The van der Waals surface area contributed by atoms with Crippen LogP contribution in [0, 0.1) is 12.8 Å². The third-order valence-corrected chi connectivity index (χ3v) is 7.20. The van der Waals surface area contributed by atoms with Gasteiger partial charge in [-0.1, -0.05) is 72.7 Å². The number of aliphatic hydroxyl groups excluding tert-OH is 1. The average Bonchev–Trinajstić information content (AvgIpc) is 3.12. The highest BCUT2D eigenvalue weighted by molar-refractivity contribution is 6.46. The number of aryl methyl sites for hydroxylation is 1. The van der Waals surface area contributed by atoms with Gasteiger partial charge in [0.1, 0.15) is 11.5 Å². The van der Waals surface area contributed by atoms with E-state index in [0.29, 0.717) is 31.2 Å². The number of nitrogens with zero attached hydrogens (tertiary/aromatic N) is 2. The molecule has 0 bridgehead atoms. The Morgan fingerprint density at radius 1 is 1.05 bits per heavy atom. The second kappa shape index (κ2) is 12.2. The van der Waals surface area contributed by atoms with Crippen molar-refractivity contribution in [3.8, 4) is 5.75 Å². The number of carbonyl (C=O) groups excluding carboxylic acids is 2. The highest BCUT2D eigenvalue weighted by atomic mass is 16.5. The predicted molar refractivity (Wildman–Crippen MR) is 153 cm³/mol. The Hall–Kier alpha value is -3.12. The molecule has 6 heteroatoms. The van der Waals surface area contributed by atoms with Crippen molar-refractivity contribution < 1.29 is 19.4 Å². The van der Waals surface area contributed by atoms with E-state index in [2.05, 4.69) is 53.4 Å². The number of hydrogen-bond acceptors (Lipinski definition) is 5. The molecule has 38 heavy (non-hydrogen) atoms. The number of aliphatic hydroxyl groups is 1. The number of Topliss-reactive ketones (excluding diaryl/α,β-unsaturated/α-hetero) is 1. The van der Waals surface area contributed by atoms with Crippen LogP contribution in [0.4, 0.5) is 0 Å². The van der Waals surface area contributed by atoms with Gasteiger partial charge < -0.3 is 19.6 Å². The SMILES string of the molecule is CCN(CC)CCN1C(=O)C(=O)C(=C(O)c2ccc(OCC(C)C)c(C)c2)[C@@H]1c1ccc(C(C)(C)C)cc1. The molecule has 1 saturated heterocycles. The third-order valence-electron chi connectivity index (χ3n) is 7.20. The topological polar surface area (TPSA) is 70.1 Å². The molecule has 206 valence electrons. The predicted octanol–water partition coefficient (Wildman–Crippen LogP) is 6.09. The molecule has 1 fully saturated rings. The van der Waals surface area contributed by atoms with Crippen molar-refractivity contribution in [2.75, 3.05) is 32.8 Å². The van der Waals surface area contributed by atoms with E-state index in [4.69, 9.17) is 4.74 Å². The minimum absolute atomic E-state index is 0.0278. The number of ketones is 1. The van der Waals surface area contributed by atoms with Crippen molar-refractivity contribution >= 4 is 17.4 Å². The maximum atomic E-state index is 13.4. The van der Waals surface area contributed by atoms with Crippen molar-refractivity contribution in [1.82, 2.24) is 9.80 Å². The molecular formula is C32H44N2O4. The molecule has 3 rings (SSSR count). The zero-order valence-corrected chi connectivity index (χ0v) is 24.3. The van der Waals surface area contributed by atoms with Crippen LogP contribution in [0.3, 0.4) is 0 Å². The fraction of sp³-hybridized carbons (Fsp3) is 0.500. The molecule has 1 atom stereocenters. The maximum absolute atomic E-state index is 13.4. The fourth-order valence-electron chi connectivity index (χ4n) is 4.78. The van der Waals surface area contributed by atoms with E-state index in [-0.39, 0.29) is 16.7 Å². The number of benzene rings is 2. The molecule has 1 aliphatic rings. The normalized spacial score (nSPS) is 17.6. The monoisotopic (exact) mass is 520 g/mol. The third kappa shape index (κ3) is 6.47. The lowest BCUT2D eigenvalue weighted by atomic mass is 9.85. The van der Waals surface area contributed by atoms with Crippen molar-refractivity contribution in [2.24, 2.45) is 5.92 Å². The summed E-state index contributed by atoms with van der Waals surface area (Å²) in [7, 11) is 0. The van der Waals surface area contributed by atoms with E-state index < -0.39 is 17.7 Å². The molecule has 1 amide bonds. The first-order valence-electron chi connectivity index (χ1n) is 13.7. The van der Waals surface area contributed by atoms with Gasteiger partial charge in [-0.15, -0.1) is 0 Å². The summed E-state index contributed by atoms with van der Waals surface area (Å²) in [5.74, 6) is -0.247. The summed E-state index contributed by atoms with van der Waals surface area (Å²) < 4.78 is 5.89. The zero-order valence-electron chi connectivity index (χ0n) is 24.3. The molecule has 0 aliphatic carbocycles. The number of likely N-dealkylation sites (tertiary alicyclic amines) is 1. The van der Waals surface area contributed by atoms with Crippen LogP contribution in [-0.4, -0.2) is 59.4 Å². The van der Waals surface area contributed by atoms with Crippen LogP contribution in [0.5, 0.6) is 5.75 Å². The summed E-state index contributed by atoms with van der Waals surface area (Å²) in [4.78, 5) is 30.6. The molecule has 0 unspecified atom stereocenters. The van der Waals surface area contributed by atoms with E-state index in [9.17, 15) is 14.7 Å². The lowest BCUT2D eigenvalue weighted by Crippen LogP contribution is -2.38. The van der Waals surface area contributed by atoms with E-state index in [1.165, 1.54) is 0 Å². The van der Waals surface area contributed by atoms with Gasteiger partial charge in [0.25, 0.3) is 11.7 Å². The number of amides is 1. The molecule has 1 N–H and O–H groups in total. The Kier molecular flexibility index (Phi) is 9.42. The summed E-state index contributed by atoms with van der Waals surface area (Å²) in [5, 5.41) is 11.5. The Morgan fingerprint density at radius 2 is 1.68 bits per heavy atom. The highest BCUT2D eigenvalue weighted by Gasteiger charge is 2.46. The van der Waals surface area contributed by atoms with Gasteiger partial charge in [0, 0.05) is 18.7 Å². The summed E-state index contributed by atoms with van der Waals surface area (Å²) >= 11 is 0. The first kappa shape index (κ1) is 29.4. The van der Waals surface area contributed by atoms with Gasteiger partial charge in [-0.2, -0.15) is 0 Å². The van der Waals surface area contributed by atoms with Crippen LogP contribution < -0.4 is 4.74 Å². The first-order valence-corrected chi connectivity index (χ1v) is 13.7. The summed E-state index contributed by atoms with van der Waals surface area (Å²) in [6.45, 7) is 20.0. The Labute approximate surface area is 228 Å². The van der Waals surface area contributed by atoms with Gasteiger partial charge in [-0.05, 0) is 66.2 Å². The molecule has 0 aromatic heterocycles. The number of ether oxygens (including phenoxy) is 1. The zero-order chi connectivity index (χ0) is 28.2. The largest absolute Gasteiger partial charge is 0.507 e. The summed E-state index contributed by atoms with van der Waals surface area (Å²) in [6.07, 6.45) is 0. The van der Waals surface area contributed by atoms with Crippen molar-refractivity contribution in [3.63, 3.8) is 0 Å². The van der Waals surface area contributed by atoms with Gasteiger partial charge in [0.15, 0.2) is 0 Å². The second-order valence-electron chi connectivity index (χ2n) is 11.6. The van der Waals surface area contributed by atoms with Crippen LogP contribution in [0.25, 0.3) is 5.76 Å². The highest BCUT2D eigenvalue weighted by Crippen LogP contribution is 2.40. The van der Waals surface area contributed by atoms with Crippen LogP contribution in [0.2, 0.25) is 0 Å². The standard InChI is InChI=1S/C32H44N2O4/c1-9-33(10-2)17-18-34-28(23-11-14-25(15-12-23)32(6,7)8)27(30(36)31(34)37)29(35)24-13-16-26(22(5)19-24)38-20-21(3)4/h11-16,19,21,28,35H,9-10,17-18,20H2,1-8H3/t28-/m0/s1. The quantitative estimate of drug-likeness (QED) is 0.233. The van der Waals surface area contributed by atoms with E-state index in [0.717, 1.165) is 35.5 Å². The number of likely N-dealkylation sites (N-methyl/N-ethyl adjacent to an activating group) is 1. The lowest BCUT2D eigenvalue weighted by molar-refractivity contribution is -0.140. The molecule has 1 heterocycles. The molecule has 2 aromatic carbocycles. The minimum Gasteiger partial charge on any atom is -0.507 e. The Balaban J connectivity index is 2.08. The minimum atomic E-state index is -0.656. The van der Waals surface area contributed by atoms with Gasteiger partial charge >= 0.3 is 0 Å². The molecule has 2 aromatic rings. The van der Waals surface area contributed by atoms with Crippen molar-refractivity contribution in [3.05, 3.63) is 70.3 Å². The first-order chi connectivity index (χ1) is 17.9. The molecule has 0 spiro atoms. The molecule has 0 radical (unpaired) electrons. The number of hydrogen-bond donors (Lipinski definition) is 1. The molecular weight excluding hydrogens is 476 g/mol. The second-order valence-corrected chi connectivity index (χ2v) is 11.6. The van der Waals surface area contributed by atoms with Crippen LogP contribution in [0.15, 0.2) is 48.0 Å². The van der Waals surface area contributed by atoms with Crippen LogP contribution >= 0.6 is 0 Å². The summed E-state index contributed by atoms with van der Waals surface area (Å²) in [6, 6.07) is 12.8. The van der Waals surface area contributed by atoms with Crippen LogP contribution in [-0.2, 0) is 15.0 Å². The fourth-order valence-corrected chi connectivity index (χ4v) is 4.78. The summed E-state index contributed by atoms with van der Waals surface area (Å²) in [5.41, 5.74) is 3.43. The number of rotatable bonds is 10. The Morgan fingerprint density at radius 3 is 2.21 bits per heavy atom. The van der Waals surface area contributed by atoms with Gasteiger partial charge in [-0.3, -0.25) is 9.59 Å². The van der Waals surface area contributed by atoms with Gasteiger partial charge in [-0.25, -0.2) is 0 Å². The van der Waals surface area contributed by atoms with Gasteiger partial charge in [0.2, 0.25) is 0 Å². The average molecular weight is 521 g/mol. The van der Waals surface area contributed by atoms with E-state index >= 15 is 0 Å².